The van der Waals surface area contributed by atoms with Gasteiger partial charge >= 0.3 is 0 Å². The number of rotatable bonds is 6. The number of amides is 2. The predicted octanol–water partition coefficient (Wildman–Crippen LogP) is 2.00. The van der Waals surface area contributed by atoms with Gasteiger partial charge in [0.05, 0.1) is 16.9 Å². The van der Waals surface area contributed by atoms with E-state index in [0.717, 1.165) is 17.1 Å². The standard InChI is InChI=1S/C18H19N5O3S/c1-12-6-13(2)23(22-12)8-17(24)20-21-18(25)14-4-3-5-16(7-14)26-9-15-10-27-11-19-15/h3-7,10-11H,8-9H2,1-2H3,(H,20,24)(H,21,25). The first-order chi connectivity index (χ1) is 13.0. The molecule has 27 heavy (non-hydrogen) atoms. The van der Waals surface area contributed by atoms with Gasteiger partial charge in [-0.1, -0.05) is 6.07 Å². The van der Waals surface area contributed by atoms with Crippen LogP contribution in [-0.2, 0) is 17.9 Å². The molecule has 0 aliphatic rings. The summed E-state index contributed by atoms with van der Waals surface area (Å²) in [6.07, 6.45) is 0. The molecule has 0 saturated carbocycles. The molecule has 2 amide bonds. The van der Waals surface area contributed by atoms with Crippen LogP contribution in [0.1, 0.15) is 27.4 Å². The molecule has 0 unspecified atom stereocenters. The number of carbonyl (C=O) groups excluding carboxylic acids is 2. The van der Waals surface area contributed by atoms with Crippen LogP contribution >= 0.6 is 11.3 Å². The molecule has 0 fully saturated rings. The molecule has 0 atom stereocenters. The fourth-order valence-electron chi connectivity index (χ4n) is 2.40. The number of nitrogens with one attached hydrogen (secondary N) is 2. The van der Waals surface area contributed by atoms with Crippen molar-refractivity contribution in [1.29, 1.82) is 0 Å². The van der Waals surface area contributed by atoms with Gasteiger partial charge in [-0.05, 0) is 38.1 Å². The summed E-state index contributed by atoms with van der Waals surface area (Å²) in [4.78, 5) is 28.4. The van der Waals surface area contributed by atoms with Crippen LogP contribution < -0.4 is 15.6 Å². The van der Waals surface area contributed by atoms with Gasteiger partial charge in [0.15, 0.2) is 0 Å². The van der Waals surface area contributed by atoms with E-state index in [4.69, 9.17) is 4.74 Å². The molecule has 140 valence electrons. The van der Waals surface area contributed by atoms with Gasteiger partial charge in [-0.3, -0.25) is 25.1 Å². The maximum absolute atomic E-state index is 12.2. The number of carbonyl (C=O) groups is 2. The molecule has 1 aromatic carbocycles. The lowest BCUT2D eigenvalue weighted by atomic mass is 10.2. The summed E-state index contributed by atoms with van der Waals surface area (Å²) in [5, 5.41) is 6.11. The molecule has 3 aromatic rings. The molecule has 0 aliphatic carbocycles. The largest absolute Gasteiger partial charge is 0.487 e. The summed E-state index contributed by atoms with van der Waals surface area (Å²) >= 11 is 1.49. The number of aryl methyl sites for hydroxylation is 2. The molecular formula is C18H19N5O3S. The monoisotopic (exact) mass is 385 g/mol. The molecule has 0 radical (unpaired) electrons. The summed E-state index contributed by atoms with van der Waals surface area (Å²) in [5.41, 5.74) is 9.42. The molecule has 0 saturated heterocycles. The number of nitrogens with zero attached hydrogens (tertiary/aromatic N) is 3. The molecule has 2 aromatic heterocycles. The Labute approximate surface area is 160 Å². The molecule has 2 N–H and O–H groups in total. The number of hydrogen-bond acceptors (Lipinski definition) is 6. The van der Waals surface area contributed by atoms with E-state index in [1.54, 1.807) is 34.5 Å². The zero-order chi connectivity index (χ0) is 19.2. The van der Waals surface area contributed by atoms with Crippen molar-refractivity contribution in [1.82, 2.24) is 25.6 Å². The van der Waals surface area contributed by atoms with Crippen molar-refractivity contribution in [3.8, 4) is 5.75 Å². The molecule has 0 bridgehead atoms. The van der Waals surface area contributed by atoms with E-state index >= 15 is 0 Å². The second-order valence-corrected chi connectivity index (χ2v) is 6.60. The number of ether oxygens (including phenoxy) is 1. The van der Waals surface area contributed by atoms with Crippen LogP contribution in [0.4, 0.5) is 0 Å². The number of thiazole rings is 1. The van der Waals surface area contributed by atoms with Gasteiger partial charge in [0.2, 0.25) is 0 Å². The quantitative estimate of drug-likeness (QED) is 0.633. The van der Waals surface area contributed by atoms with E-state index in [2.05, 4.69) is 20.9 Å². The van der Waals surface area contributed by atoms with Gasteiger partial charge in [0.25, 0.3) is 11.8 Å². The van der Waals surface area contributed by atoms with Crippen molar-refractivity contribution >= 4 is 23.2 Å². The summed E-state index contributed by atoms with van der Waals surface area (Å²) in [6, 6.07) is 8.59. The molecular weight excluding hydrogens is 366 g/mol. The average Bonchev–Trinajstić information content (AvgIpc) is 3.28. The third-order valence-electron chi connectivity index (χ3n) is 3.68. The Kier molecular flexibility index (Phi) is 5.82. The number of aromatic nitrogens is 3. The highest BCUT2D eigenvalue weighted by Gasteiger charge is 2.11. The Morgan fingerprint density at radius 3 is 2.78 bits per heavy atom. The lowest BCUT2D eigenvalue weighted by Gasteiger charge is -2.10. The lowest BCUT2D eigenvalue weighted by molar-refractivity contribution is -0.122. The van der Waals surface area contributed by atoms with Crippen molar-refractivity contribution in [2.75, 3.05) is 0 Å². The Hall–Kier alpha value is -3.20. The van der Waals surface area contributed by atoms with Crippen LogP contribution in [-0.4, -0.2) is 26.6 Å². The highest BCUT2D eigenvalue weighted by Crippen LogP contribution is 2.15. The van der Waals surface area contributed by atoms with Crippen molar-refractivity contribution in [2.45, 2.75) is 27.0 Å². The summed E-state index contributed by atoms with van der Waals surface area (Å²) in [5.74, 6) is -0.258. The first-order valence-electron chi connectivity index (χ1n) is 8.21. The highest BCUT2D eigenvalue weighted by molar-refractivity contribution is 7.07. The SMILES string of the molecule is Cc1cc(C)n(CC(=O)NNC(=O)c2cccc(OCc3cscn3)c2)n1. The van der Waals surface area contributed by atoms with Gasteiger partial charge in [0.1, 0.15) is 18.9 Å². The number of hydrazine groups is 1. The predicted molar refractivity (Wildman–Crippen MR) is 100 cm³/mol. The molecule has 0 aliphatic heterocycles. The summed E-state index contributed by atoms with van der Waals surface area (Å²) in [6.45, 7) is 4.07. The number of benzene rings is 1. The second kappa shape index (κ2) is 8.45. The van der Waals surface area contributed by atoms with Crippen molar-refractivity contribution in [3.05, 3.63) is 63.9 Å². The first-order valence-corrected chi connectivity index (χ1v) is 9.16. The zero-order valence-electron chi connectivity index (χ0n) is 14.9. The van der Waals surface area contributed by atoms with Gasteiger partial charge in [-0.25, -0.2) is 4.98 Å². The first kappa shape index (κ1) is 18.6. The Bertz CT molecular complexity index is 936. The zero-order valence-corrected chi connectivity index (χ0v) is 15.7. The van der Waals surface area contributed by atoms with Crippen LogP contribution in [0, 0.1) is 13.8 Å². The van der Waals surface area contributed by atoms with Crippen LogP contribution in [0.5, 0.6) is 5.75 Å². The van der Waals surface area contributed by atoms with E-state index in [9.17, 15) is 9.59 Å². The lowest BCUT2D eigenvalue weighted by Crippen LogP contribution is -2.43. The van der Waals surface area contributed by atoms with E-state index < -0.39 is 5.91 Å². The fraction of sp³-hybridized carbons (Fsp3) is 0.222. The van der Waals surface area contributed by atoms with E-state index in [1.807, 2.05) is 25.3 Å². The average molecular weight is 385 g/mol. The van der Waals surface area contributed by atoms with Gasteiger partial charge < -0.3 is 4.74 Å². The van der Waals surface area contributed by atoms with Gasteiger partial charge in [-0.15, -0.1) is 11.3 Å². The summed E-state index contributed by atoms with van der Waals surface area (Å²) < 4.78 is 7.20. The molecule has 0 spiro atoms. The molecule has 3 rings (SSSR count). The third kappa shape index (κ3) is 5.14. The minimum absolute atomic E-state index is 0.0245. The normalized spacial score (nSPS) is 10.4. The van der Waals surface area contributed by atoms with Crippen molar-refractivity contribution in [2.24, 2.45) is 0 Å². The number of hydrogen-bond donors (Lipinski definition) is 2. The minimum Gasteiger partial charge on any atom is -0.487 e. The van der Waals surface area contributed by atoms with Crippen molar-refractivity contribution < 1.29 is 14.3 Å². The van der Waals surface area contributed by atoms with Crippen LogP contribution in [0.2, 0.25) is 0 Å². The second-order valence-electron chi connectivity index (χ2n) is 5.88. The van der Waals surface area contributed by atoms with Crippen molar-refractivity contribution in [3.63, 3.8) is 0 Å². The highest BCUT2D eigenvalue weighted by atomic mass is 32.1. The smallest absolute Gasteiger partial charge is 0.269 e. The maximum Gasteiger partial charge on any atom is 0.269 e. The van der Waals surface area contributed by atoms with Crippen LogP contribution in [0.25, 0.3) is 0 Å². The Balaban J connectivity index is 1.52. The van der Waals surface area contributed by atoms with Gasteiger partial charge in [-0.2, -0.15) is 5.10 Å². The molecule has 2 heterocycles. The summed E-state index contributed by atoms with van der Waals surface area (Å²) in [7, 11) is 0. The Morgan fingerprint density at radius 1 is 1.22 bits per heavy atom. The Morgan fingerprint density at radius 2 is 2.07 bits per heavy atom. The molecule has 9 heteroatoms. The minimum atomic E-state index is -0.434. The fourth-order valence-corrected chi connectivity index (χ4v) is 2.95. The van der Waals surface area contributed by atoms with E-state index in [0.29, 0.717) is 17.9 Å². The van der Waals surface area contributed by atoms with E-state index in [1.165, 1.54) is 11.3 Å². The van der Waals surface area contributed by atoms with Crippen LogP contribution in [0.15, 0.2) is 41.2 Å². The van der Waals surface area contributed by atoms with Gasteiger partial charge in [0, 0.05) is 16.6 Å². The third-order valence-corrected chi connectivity index (χ3v) is 4.31. The van der Waals surface area contributed by atoms with E-state index in [-0.39, 0.29) is 12.5 Å². The topological polar surface area (TPSA) is 98.1 Å². The molecule has 8 nitrogen and oxygen atoms in total. The maximum atomic E-state index is 12.2. The van der Waals surface area contributed by atoms with Crippen LogP contribution in [0.3, 0.4) is 0 Å².